The van der Waals surface area contributed by atoms with Gasteiger partial charge in [0.1, 0.15) is 0 Å². The van der Waals surface area contributed by atoms with Gasteiger partial charge in [-0.1, -0.05) is 30.3 Å². The average molecular weight is 175 g/mol. The Morgan fingerprint density at radius 1 is 1.46 bits per heavy atom. The number of hydrogen-bond acceptors (Lipinski definition) is 3. The third kappa shape index (κ3) is 2.06. The van der Waals surface area contributed by atoms with Gasteiger partial charge in [-0.05, 0) is 5.56 Å². The van der Waals surface area contributed by atoms with Crippen LogP contribution in [0.2, 0.25) is 0 Å². The van der Waals surface area contributed by atoms with Crippen LogP contribution in [0.25, 0.3) is 0 Å². The second kappa shape index (κ2) is 4.27. The fraction of sp³-hybridized carbons (Fsp3) is 0.200. The van der Waals surface area contributed by atoms with Crippen molar-refractivity contribution in [3.05, 3.63) is 35.9 Å². The van der Waals surface area contributed by atoms with E-state index in [-0.39, 0.29) is 0 Å². The predicted molar refractivity (Wildman–Crippen MR) is 46.8 cm³/mol. The number of esters is 1. The van der Waals surface area contributed by atoms with Crippen LogP contribution in [0.3, 0.4) is 0 Å². The number of nitrogens with zero attached hydrogens (tertiary/aromatic N) is 1. The maximum absolute atomic E-state index is 11.1. The van der Waals surface area contributed by atoms with Gasteiger partial charge in [-0.25, -0.2) is 0 Å². The van der Waals surface area contributed by atoms with Crippen LogP contribution in [0.1, 0.15) is 11.5 Å². The van der Waals surface area contributed by atoms with Gasteiger partial charge in [0.15, 0.2) is 5.92 Å². The minimum Gasteiger partial charge on any atom is -0.468 e. The maximum Gasteiger partial charge on any atom is 0.327 e. The van der Waals surface area contributed by atoms with E-state index >= 15 is 0 Å². The molecule has 0 radical (unpaired) electrons. The SMILES string of the molecule is COC(=O)[C@@H](C#N)c1ccccc1. The highest BCUT2D eigenvalue weighted by atomic mass is 16.5. The first-order chi connectivity index (χ1) is 6.29. The molecule has 66 valence electrons. The van der Waals surface area contributed by atoms with Gasteiger partial charge in [-0.3, -0.25) is 4.79 Å². The minimum absolute atomic E-state index is 0.520. The van der Waals surface area contributed by atoms with E-state index in [1.165, 1.54) is 7.11 Å². The maximum atomic E-state index is 11.1. The van der Waals surface area contributed by atoms with Crippen LogP contribution >= 0.6 is 0 Å². The predicted octanol–water partition coefficient (Wildman–Crippen LogP) is 1.47. The van der Waals surface area contributed by atoms with E-state index in [1.54, 1.807) is 24.3 Å². The summed E-state index contributed by atoms with van der Waals surface area (Å²) in [6.45, 7) is 0. The highest BCUT2D eigenvalue weighted by molar-refractivity contribution is 5.81. The summed E-state index contributed by atoms with van der Waals surface area (Å²) >= 11 is 0. The van der Waals surface area contributed by atoms with Gasteiger partial charge in [0.25, 0.3) is 0 Å². The fourth-order valence-electron chi connectivity index (χ4n) is 1.03. The number of benzene rings is 1. The van der Waals surface area contributed by atoms with E-state index < -0.39 is 11.9 Å². The first-order valence-corrected chi connectivity index (χ1v) is 3.82. The second-order valence-electron chi connectivity index (χ2n) is 2.50. The quantitative estimate of drug-likeness (QED) is 0.639. The first kappa shape index (κ1) is 9.27. The molecule has 0 saturated carbocycles. The lowest BCUT2D eigenvalue weighted by Crippen LogP contribution is -2.12. The van der Waals surface area contributed by atoms with Crippen molar-refractivity contribution in [1.82, 2.24) is 0 Å². The van der Waals surface area contributed by atoms with Crippen LogP contribution in [0.4, 0.5) is 0 Å². The molecule has 0 saturated heterocycles. The van der Waals surface area contributed by atoms with Crippen molar-refractivity contribution in [2.45, 2.75) is 5.92 Å². The lowest BCUT2D eigenvalue weighted by atomic mass is 10.0. The van der Waals surface area contributed by atoms with Crippen molar-refractivity contribution in [3.63, 3.8) is 0 Å². The van der Waals surface area contributed by atoms with E-state index in [9.17, 15) is 4.79 Å². The molecule has 1 aromatic rings. The number of carbonyl (C=O) groups is 1. The molecule has 1 atom stereocenters. The van der Waals surface area contributed by atoms with Crippen LogP contribution < -0.4 is 0 Å². The van der Waals surface area contributed by atoms with Gasteiger partial charge < -0.3 is 4.74 Å². The molecule has 0 aliphatic carbocycles. The summed E-state index contributed by atoms with van der Waals surface area (Å²) in [5.74, 6) is -1.33. The van der Waals surface area contributed by atoms with Crippen LogP contribution in [-0.2, 0) is 9.53 Å². The van der Waals surface area contributed by atoms with Gasteiger partial charge in [-0.15, -0.1) is 0 Å². The summed E-state index contributed by atoms with van der Waals surface area (Å²) in [7, 11) is 1.27. The Morgan fingerprint density at radius 2 is 2.08 bits per heavy atom. The molecule has 0 aromatic heterocycles. The topological polar surface area (TPSA) is 50.1 Å². The molecule has 0 unspecified atom stereocenters. The zero-order valence-corrected chi connectivity index (χ0v) is 7.23. The molecule has 0 fully saturated rings. The average Bonchev–Trinajstić information content (AvgIpc) is 2.20. The lowest BCUT2D eigenvalue weighted by Gasteiger charge is -2.05. The number of nitriles is 1. The van der Waals surface area contributed by atoms with Gasteiger partial charge in [0.05, 0.1) is 13.2 Å². The Bertz CT molecular complexity index is 327. The van der Waals surface area contributed by atoms with Crippen molar-refractivity contribution >= 4 is 5.97 Å². The van der Waals surface area contributed by atoms with E-state index in [0.717, 1.165) is 0 Å². The zero-order chi connectivity index (χ0) is 9.68. The Morgan fingerprint density at radius 3 is 2.54 bits per heavy atom. The summed E-state index contributed by atoms with van der Waals surface area (Å²) in [5.41, 5.74) is 0.664. The van der Waals surface area contributed by atoms with Crippen LogP contribution in [0.5, 0.6) is 0 Å². The summed E-state index contributed by atoms with van der Waals surface area (Å²) in [6, 6.07) is 10.7. The molecular weight excluding hydrogens is 166 g/mol. The Balaban J connectivity index is 2.93. The van der Waals surface area contributed by atoms with Crippen LogP contribution in [0, 0.1) is 11.3 Å². The first-order valence-electron chi connectivity index (χ1n) is 3.82. The van der Waals surface area contributed by atoms with Crippen molar-refractivity contribution in [2.75, 3.05) is 7.11 Å². The number of methoxy groups -OCH3 is 1. The van der Waals surface area contributed by atoms with E-state index in [4.69, 9.17) is 5.26 Å². The Hall–Kier alpha value is -1.82. The number of hydrogen-bond donors (Lipinski definition) is 0. The summed E-state index contributed by atoms with van der Waals surface area (Å²) in [6.07, 6.45) is 0. The highest BCUT2D eigenvalue weighted by Crippen LogP contribution is 2.15. The summed E-state index contributed by atoms with van der Waals surface area (Å²) in [5, 5.41) is 8.73. The molecule has 1 aromatic carbocycles. The van der Waals surface area contributed by atoms with Gasteiger partial charge in [-0.2, -0.15) is 5.26 Å². The van der Waals surface area contributed by atoms with Crippen molar-refractivity contribution < 1.29 is 9.53 Å². The molecule has 0 spiro atoms. The van der Waals surface area contributed by atoms with Gasteiger partial charge in [0.2, 0.25) is 0 Å². The number of ether oxygens (including phenoxy) is 1. The molecule has 3 nitrogen and oxygen atoms in total. The van der Waals surface area contributed by atoms with E-state index in [0.29, 0.717) is 5.56 Å². The van der Waals surface area contributed by atoms with Gasteiger partial charge >= 0.3 is 5.97 Å². The highest BCUT2D eigenvalue weighted by Gasteiger charge is 2.19. The van der Waals surface area contributed by atoms with Crippen molar-refractivity contribution in [3.8, 4) is 6.07 Å². The standard InChI is InChI=1S/C10H9NO2/c1-13-10(12)9(7-11)8-5-3-2-4-6-8/h2-6,9H,1H3/t9-/m0/s1. The van der Waals surface area contributed by atoms with E-state index in [1.807, 2.05) is 12.1 Å². The minimum atomic E-state index is -0.814. The smallest absolute Gasteiger partial charge is 0.327 e. The molecule has 1 rings (SSSR count). The molecule has 0 heterocycles. The molecule has 3 heteroatoms. The molecule has 0 N–H and O–H groups in total. The lowest BCUT2D eigenvalue weighted by molar-refractivity contribution is -0.140. The number of rotatable bonds is 2. The normalized spacial score (nSPS) is 11.4. The van der Waals surface area contributed by atoms with E-state index in [2.05, 4.69) is 4.74 Å². The largest absolute Gasteiger partial charge is 0.468 e. The van der Waals surface area contributed by atoms with Gasteiger partial charge in [0, 0.05) is 0 Å². The van der Waals surface area contributed by atoms with Crippen LogP contribution in [-0.4, -0.2) is 13.1 Å². The molecular formula is C10H9NO2. The monoisotopic (exact) mass is 175 g/mol. The van der Waals surface area contributed by atoms with Crippen LogP contribution in [0.15, 0.2) is 30.3 Å². The Labute approximate surface area is 76.6 Å². The summed E-state index contributed by atoms with van der Waals surface area (Å²) < 4.78 is 4.50. The summed E-state index contributed by atoms with van der Waals surface area (Å²) in [4.78, 5) is 11.1. The number of carbonyl (C=O) groups excluding carboxylic acids is 1. The van der Waals surface area contributed by atoms with Crippen molar-refractivity contribution in [1.29, 1.82) is 5.26 Å². The third-order valence-corrected chi connectivity index (χ3v) is 1.70. The third-order valence-electron chi connectivity index (χ3n) is 1.70. The molecule has 0 bridgehead atoms. The molecule has 0 aliphatic heterocycles. The molecule has 13 heavy (non-hydrogen) atoms. The molecule has 0 aliphatic rings. The second-order valence-corrected chi connectivity index (χ2v) is 2.50. The Kier molecular flexibility index (Phi) is 3.04. The zero-order valence-electron chi connectivity index (χ0n) is 7.23. The van der Waals surface area contributed by atoms with Crippen molar-refractivity contribution in [2.24, 2.45) is 0 Å². The molecule has 0 amide bonds. The fourth-order valence-corrected chi connectivity index (χ4v) is 1.03.